The molecule has 6 heteroatoms. The van der Waals surface area contributed by atoms with Crippen LogP contribution in [0.5, 0.6) is 5.75 Å². The van der Waals surface area contributed by atoms with E-state index in [2.05, 4.69) is 9.97 Å². The number of primary amides is 1. The molecule has 1 amide bonds. The number of rotatable bonds is 4. The number of imidazole rings is 1. The van der Waals surface area contributed by atoms with E-state index >= 15 is 0 Å². The Kier molecular flexibility index (Phi) is 3.27. The minimum Gasteiger partial charge on any atom is -0.483 e. The lowest BCUT2D eigenvalue weighted by molar-refractivity contribution is -0.119. The van der Waals surface area contributed by atoms with E-state index in [9.17, 15) is 9.18 Å². The number of nitrogens with one attached hydrogen (secondary N) is 1. The average molecular weight is 285 g/mol. The Labute approximate surface area is 119 Å². The standard InChI is InChI=1S/C15H12FN3O2/c16-9-5-6-11-12(7-9)19-15(18-11)10-3-1-2-4-13(10)21-8-14(17)20/h1-7H,8H2,(H2,17,20)(H,18,19). The van der Waals surface area contributed by atoms with Crippen LogP contribution >= 0.6 is 0 Å². The van der Waals surface area contributed by atoms with E-state index in [1.807, 2.05) is 6.07 Å². The minimum atomic E-state index is -0.559. The first-order valence-electron chi connectivity index (χ1n) is 6.29. The van der Waals surface area contributed by atoms with Gasteiger partial charge in [0.05, 0.1) is 16.6 Å². The van der Waals surface area contributed by atoms with E-state index in [-0.39, 0.29) is 12.4 Å². The normalized spacial score (nSPS) is 10.7. The number of para-hydroxylation sites is 1. The summed E-state index contributed by atoms with van der Waals surface area (Å²) in [5.74, 6) is 0.124. The van der Waals surface area contributed by atoms with Crippen LogP contribution in [0.3, 0.4) is 0 Å². The summed E-state index contributed by atoms with van der Waals surface area (Å²) >= 11 is 0. The molecule has 106 valence electrons. The summed E-state index contributed by atoms with van der Waals surface area (Å²) in [5, 5.41) is 0. The van der Waals surface area contributed by atoms with Gasteiger partial charge >= 0.3 is 0 Å². The summed E-state index contributed by atoms with van der Waals surface area (Å²) in [5.41, 5.74) is 7.00. The molecule has 2 aromatic carbocycles. The third-order valence-electron chi connectivity index (χ3n) is 2.96. The predicted octanol–water partition coefficient (Wildman–Crippen LogP) is 2.23. The Morgan fingerprint density at radius 1 is 1.29 bits per heavy atom. The number of nitrogens with two attached hydrogens (primary N) is 1. The Morgan fingerprint density at radius 2 is 2.10 bits per heavy atom. The minimum absolute atomic E-state index is 0.216. The third-order valence-corrected chi connectivity index (χ3v) is 2.96. The van der Waals surface area contributed by atoms with Crippen LogP contribution in [-0.2, 0) is 4.79 Å². The summed E-state index contributed by atoms with van der Waals surface area (Å²) < 4.78 is 18.6. The van der Waals surface area contributed by atoms with Crippen LogP contribution in [0.2, 0.25) is 0 Å². The fourth-order valence-electron chi connectivity index (χ4n) is 2.05. The van der Waals surface area contributed by atoms with Crippen molar-refractivity contribution >= 4 is 16.9 Å². The van der Waals surface area contributed by atoms with Crippen LogP contribution in [0.1, 0.15) is 0 Å². The van der Waals surface area contributed by atoms with Gasteiger partial charge in [-0.15, -0.1) is 0 Å². The van der Waals surface area contributed by atoms with Gasteiger partial charge in [0, 0.05) is 0 Å². The number of ether oxygens (including phenoxy) is 1. The SMILES string of the molecule is NC(=O)COc1ccccc1-c1nc2ccc(F)cc2[nH]1. The van der Waals surface area contributed by atoms with Crippen molar-refractivity contribution < 1.29 is 13.9 Å². The molecule has 0 fully saturated rings. The fraction of sp³-hybridized carbons (Fsp3) is 0.0667. The van der Waals surface area contributed by atoms with Crippen LogP contribution in [0.4, 0.5) is 4.39 Å². The summed E-state index contributed by atoms with van der Waals surface area (Å²) in [6, 6.07) is 11.4. The topological polar surface area (TPSA) is 81.0 Å². The molecule has 0 aliphatic carbocycles. The molecule has 0 spiro atoms. The molecular weight excluding hydrogens is 273 g/mol. The quantitative estimate of drug-likeness (QED) is 0.771. The van der Waals surface area contributed by atoms with Gasteiger partial charge in [0.25, 0.3) is 5.91 Å². The molecule has 0 bridgehead atoms. The lowest BCUT2D eigenvalue weighted by Crippen LogP contribution is -2.20. The third kappa shape index (κ3) is 2.69. The van der Waals surface area contributed by atoms with Crippen LogP contribution in [-0.4, -0.2) is 22.5 Å². The highest BCUT2D eigenvalue weighted by Crippen LogP contribution is 2.29. The van der Waals surface area contributed by atoms with Gasteiger partial charge in [-0.25, -0.2) is 9.37 Å². The lowest BCUT2D eigenvalue weighted by atomic mass is 10.2. The molecule has 0 atom stereocenters. The Balaban J connectivity index is 2.03. The number of fused-ring (bicyclic) bond motifs is 1. The van der Waals surface area contributed by atoms with Gasteiger partial charge in [0.2, 0.25) is 0 Å². The zero-order chi connectivity index (χ0) is 14.8. The zero-order valence-corrected chi connectivity index (χ0v) is 11.0. The number of hydrogen-bond acceptors (Lipinski definition) is 3. The maximum Gasteiger partial charge on any atom is 0.255 e. The molecule has 3 rings (SSSR count). The molecular formula is C15H12FN3O2. The van der Waals surface area contributed by atoms with Crippen molar-refractivity contribution in [2.75, 3.05) is 6.61 Å². The fourth-order valence-corrected chi connectivity index (χ4v) is 2.05. The molecule has 0 unspecified atom stereocenters. The molecule has 0 aliphatic heterocycles. The van der Waals surface area contributed by atoms with Crippen LogP contribution in [0.25, 0.3) is 22.4 Å². The summed E-state index contributed by atoms with van der Waals surface area (Å²) in [6.45, 7) is -0.216. The second-order valence-electron chi connectivity index (χ2n) is 4.50. The average Bonchev–Trinajstić information content (AvgIpc) is 2.88. The smallest absolute Gasteiger partial charge is 0.255 e. The molecule has 3 aromatic rings. The van der Waals surface area contributed by atoms with Crippen molar-refractivity contribution in [2.24, 2.45) is 5.73 Å². The molecule has 0 radical (unpaired) electrons. The maximum absolute atomic E-state index is 13.2. The summed E-state index contributed by atoms with van der Waals surface area (Å²) in [6.07, 6.45) is 0. The van der Waals surface area contributed by atoms with E-state index in [0.29, 0.717) is 28.2 Å². The number of hydrogen-bond donors (Lipinski definition) is 2. The highest BCUT2D eigenvalue weighted by atomic mass is 19.1. The van der Waals surface area contributed by atoms with Crippen molar-refractivity contribution in [3.8, 4) is 17.1 Å². The Bertz CT molecular complexity index is 814. The summed E-state index contributed by atoms with van der Waals surface area (Å²) in [4.78, 5) is 18.3. The Hall–Kier alpha value is -2.89. The highest BCUT2D eigenvalue weighted by molar-refractivity contribution is 5.81. The second-order valence-corrected chi connectivity index (χ2v) is 4.50. The zero-order valence-electron chi connectivity index (χ0n) is 11.0. The first-order valence-corrected chi connectivity index (χ1v) is 6.29. The van der Waals surface area contributed by atoms with E-state index < -0.39 is 5.91 Å². The maximum atomic E-state index is 13.2. The van der Waals surface area contributed by atoms with Gasteiger partial charge in [0.15, 0.2) is 6.61 Å². The van der Waals surface area contributed by atoms with Gasteiger partial charge < -0.3 is 15.5 Å². The van der Waals surface area contributed by atoms with Gasteiger partial charge in [0.1, 0.15) is 17.4 Å². The van der Waals surface area contributed by atoms with E-state index in [0.717, 1.165) is 0 Å². The number of aromatic nitrogens is 2. The number of H-pyrrole nitrogens is 1. The van der Waals surface area contributed by atoms with Crippen LogP contribution in [0, 0.1) is 5.82 Å². The molecule has 1 aromatic heterocycles. The molecule has 1 heterocycles. The number of carbonyl (C=O) groups excluding carboxylic acids is 1. The van der Waals surface area contributed by atoms with E-state index in [1.54, 1.807) is 24.3 Å². The lowest BCUT2D eigenvalue weighted by Gasteiger charge is -2.07. The van der Waals surface area contributed by atoms with Crippen molar-refractivity contribution in [3.05, 3.63) is 48.3 Å². The number of carbonyl (C=O) groups is 1. The first-order chi connectivity index (χ1) is 10.1. The molecule has 0 saturated heterocycles. The van der Waals surface area contributed by atoms with Gasteiger partial charge in [-0.3, -0.25) is 4.79 Å². The molecule has 21 heavy (non-hydrogen) atoms. The summed E-state index contributed by atoms with van der Waals surface area (Å²) in [7, 11) is 0. The van der Waals surface area contributed by atoms with E-state index in [4.69, 9.17) is 10.5 Å². The van der Waals surface area contributed by atoms with Crippen molar-refractivity contribution in [2.45, 2.75) is 0 Å². The number of nitrogens with zero attached hydrogens (tertiary/aromatic N) is 1. The molecule has 0 aliphatic rings. The largest absolute Gasteiger partial charge is 0.483 e. The highest BCUT2D eigenvalue weighted by Gasteiger charge is 2.11. The monoisotopic (exact) mass is 285 g/mol. The van der Waals surface area contributed by atoms with Crippen LogP contribution in [0.15, 0.2) is 42.5 Å². The van der Waals surface area contributed by atoms with Crippen molar-refractivity contribution in [1.29, 1.82) is 0 Å². The number of halogens is 1. The van der Waals surface area contributed by atoms with Crippen molar-refractivity contribution in [3.63, 3.8) is 0 Å². The predicted molar refractivity (Wildman–Crippen MR) is 76.2 cm³/mol. The van der Waals surface area contributed by atoms with Gasteiger partial charge in [-0.05, 0) is 30.3 Å². The molecule has 5 nitrogen and oxygen atoms in total. The molecule has 3 N–H and O–H groups in total. The van der Waals surface area contributed by atoms with Crippen molar-refractivity contribution in [1.82, 2.24) is 9.97 Å². The second kappa shape index (κ2) is 5.24. The number of amides is 1. The molecule has 0 saturated carbocycles. The van der Waals surface area contributed by atoms with E-state index in [1.165, 1.54) is 12.1 Å². The van der Waals surface area contributed by atoms with Gasteiger partial charge in [-0.1, -0.05) is 12.1 Å². The first kappa shape index (κ1) is 13.1. The number of benzene rings is 2. The Morgan fingerprint density at radius 3 is 2.90 bits per heavy atom. The number of aromatic amines is 1. The van der Waals surface area contributed by atoms with Crippen LogP contribution < -0.4 is 10.5 Å². The van der Waals surface area contributed by atoms with Gasteiger partial charge in [-0.2, -0.15) is 0 Å².